The lowest BCUT2D eigenvalue weighted by Gasteiger charge is -2.37. The van der Waals surface area contributed by atoms with Crippen molar-refractivity contribution >= 4 is 23.1 Å². The molecule has 3 rings (SSSR count). The number of nitrogens with one attached hydrogen (secondary N) is 2. The first-order valence-corrected chi connectivity index (χ1v) is 10.5. The molecule has 2 aromatic rings. The zero-order chi connectivity index (χ0) is 21.7. The number of anilines is 3. The van der Waals surface area contributed by atoms with Gasteiger partial charge in [-0.2, -0.15) is 0 Å². The summed E-state index contributed by atoms with van der Waals surface area (Å²) in [4.78, 5) is 19.2. The zero-order valence-electron chi connectivity index (χ0n) is 18.3. The van der Waals surface area contributed by atoms with Crippen LogP contribution in [-0.4, -0.2) is 57.8 Å². The summed E-state index contributed by atoms with van der Waals surface area (Å²) < 4.78 is 14.0. The van der Waals surface area contributed by atoms with E-state index in [0.29, 0.717) is 5.69 Å². The van der Waals surface area contributed by atoms with E-state index in [4.69, 9.17) is 0 Å². The average Bonchev–Trinajstić information content (AvgIpc) is 2.74. The lowest BCUT2D eigenvalue weighted by atomic mass is 10.0. The van der Waals surface area contributed by atoms with Crippen molar-refractivity contribution < 1.29 is 9.18 Å². The Hall–Kier alpha value is -2.80. The van der Waals surface area contributed by atoms with E-state index < -0.39 is 0 Å². The summed E-state index contributed by atoms with van der Waals surface area (Å²) in [5.41, 5.74) is 3.54. The molecule has 162 valence electrons. The van der Waals surface area contributed by atoms with Gasteiger partial charge in [-0.05, 0) is 55.9 Å². The van der Waals surface area contributed by atoms with Gasteiger partial charge in [-0.15, -0.1) is 0 Å². The smallest absolute Gasteiger partial charge is 0.319 e. The number of likely N-dealkylation sites (N-methyl/N-ethyl adjacent to an activating group) is 1. The van der Waals surface area contributed by atoms with E-state index in [2.05, 4.69) is 27.4 Å². The van der Waals surface area contributed by atoms with Crippen LogP contribution in [0.4, 0.5) is 26.2 Å². The van der Waals surface area contributed by atoms with E-state index in [-0.39, 0.29) is 17.9 Å². The number of piperazine rings is 1. The molecule has 1 atom stereocenters. The van der Waals surface area contributed by atoms with Gasteiger partial charge in [0.05, 0.1) is 6.04 Å². The number of halogens is 1. The molecule has 1 aliphatic rings. The van der Waals surface area contributed by atoms with Crippen LogP contribution < -0.4 is 20.4 Å². The van der Waals surface area contributed by atoms with Crippen LogP contribution in [0.15, 0.2) is 42.5 Å². The molecule has 6 nitrogen and oxygen atoms in total. The van der Waals surface area contributed by atoms with Gasteiger partial charge in [0.1, 0.15) is 5.82 Å². The maximum absolute atomic E-state index is 14.0. The van der Waals surface area contributed by atoms with Crippen LogP contribution in [0.2, 0.25) is 0 Å². The van der Waals surface area contributed by atoms with E-state index in [1.54, 1.807) is 0 Å². The second kappa shape index (κ2) is 9.80. The molecule has 0 radical (unpaired) electrons. The predicted molar refractivity (Wildman–Crippen MR) is 122 cm³/mol. The monoisotopic (exact) mass is 413 g/mol. The van der Waals surface area contributed by atoms with Crippen LogP contribution >= 0.6 is 0 Å². The van der Waals surface area contributed by atoms with Crippen molar-refractivity contribution in [1.82, 2.24) is 10.2 Å². The van der Waals surface area contributed by atoms with Crippen LogP contribution in [-0.2, 0) is 0 Å². The molecule has 0 spiro atoms. The molecule has 0 bridgehead atoms. The summed E-state index contributed by atoms with van der Waals surface area (Å²) in [6.07, 6.45) is 0. The molecule has 1 aliphatic heterocycles. The third kappa shape index (κ3) is 5.42. The topological polar surface area (TPSA) is 50.9 Å². The summed E-state index contributed by atoms with van der Waals surface area (Å²) in [5, 5.41) is 5.80. The third-order valence-corrected chi connectivity index (χ3v) is 5.61. The Balaban J connectivity index is 1.67. The van der Waals surface area contributed by atoms with Crippen LogP contribution in [0, 0.1) is 5.82 Å². The molecule has 1 saturated heterocycles. The van der Waals surface area contributed by atoms with Crippen molar-refractivity contribution in [2.45, 2.75) is 19.9 Å². The van der Waals surface area contributed by atoms with Gasteiger partial charge in [-0.25, -0.2) is 9.18 Å². The number of nitrogens with zero attached hydrogens (tertiary/aromatic N) is 3. The van der Waals surface area contributed by atoms with Gasteiger partial charge in [0.25, 0.3) is 0 Å². The summed E-state index contributed by atoms with van der Waals surface area (Å²) in [7, 11) is 3.94. The van der Waals surface area contributed by atoms with Gasteiger partial charge in [-0.1, -0.05) is 6.92 Å². The Morgan fingerprint density at radius 3 is 2.37 bits per heavy atom. The summed E-state index contributed by atoms with van der Waals surface area (Å²) in [6, 6.07) is 11.8. The number of benzene rings is 2. The Bertz CT molecular complexity index is 847. The minimum atomic E-state index is -0.332. The normalized spacial score (nSPS) is 15.6. The molecule has 2 amide bonds. The number of hydrogen-bond donors (Lipinski definition) is 2. The number of rotatable bonds is 6. The molecule has 30 heavy (non-hydrogen) atoms. The largest absolute Gasteiger partial charge is 0.378 e. The van der Waals surface area contributed by atoms with E-state index in [9.17, 15) is 9.18 Å². The van der Waals surface area contributed by atoms with Gasteiger partial charge in [0.15, 0.2) is 0 Å². The highest BCUT2D eigenvalue weighted by molar-refractivity contribution is 5.89. The van der Waals surface area contributed by atoms with E-state index >= 15 is 0 Å². The Morgan fingerprint density at radius 2 is 1.77 bits per heavy atom. The van der Waals surface area contributed by atoms with Gasteiger partial charge in [0, 0.05) is 62.9 Å². The highest BCUT2D eigenvalue weighted by Gasteiger charge is 2.22. The summed E-state index contributed by atoms with van der Waals surface area (Å²) >= 11 is 0. The number of amides is 2. The lowest BCUT2D eigenvalue weighted by molar-refractivity contribution is 0.249. The molecule has 1 fully saturated rings. The second-order valence-electron chi connectivity index (χ2n) is 7.89. The van der Waals surface area contributed by atoms with Crippen molar-refractivity contribution in [3.05, 3.63) is 53.8 Å². The molecule has 1 unspecified atom stereocenters. The SMILES string of the molecule is CCN1CCN(c2ccc(F)cc2C(C)NC(=O)Nc2ccc(N(C)C)cc2)CC1. The average molecular weight is 414 g/mol. The zero-order valence-corrected chi connectivity index (χ0v) is 18.3. The predicted octanol–water partition coefficient (Wildman–Crippen LogP) is 3.92. The molecule has 7 heteroatoms. The van der Waals surface area contributed by atoms with Crippen molar-refractivity contribution in [2.75, 3.05) is 61.9 Å². The number of hydrogen-bond acceptors (Lipinski definition) is 4. The maximum atomic E-state index is 14.0. The second-order valence-corrected chi connectivity index (χ2v) is 7.89. The minimum absolute atomic E-state index is 0.297. The minimum Gasteiger partial charge on any atom is -0.378 e. The van der Waals surface area contributed by atoms with Gasteiger partial charge < -0.3 is 25.3 Å². The van der Waals surface area contributed by atoms with Crippen molar-refractivity contribution in [1.29, 1.82) is 0 Å². The van der Waals surface area contributed by atoms with Crippen molar-refractivity contribution in [2.24, 2.45) is 0 Å². The molecular formula is C23H32FN5O. The Kier molecular flexibility index (Phi) is 7.15. The van der Waals surface area contributed by atoms with E-state index in [1.807, 2.05) is 56.3 Å². The molecule has 1 heterocycles. The first kappa shape index (κ1) is 21.9. The Labute approximate surface area is 178 Å². The molecular weight excluding hydrogens is 381 g/mol. The molecule has 2 N–H and O–H groups in total. The Morgan fingerprint density at radius 1 is 1.10 bits per heavy atom. The standard InChI is InChI=1S/C23H32FN5O/c1-5-28-12-14-29(15-13-28)22-11-6-18(24)16-21(22)17(2)25-23(30)26-19-7-9-20(10-8-19)27(3)4/h6-11,16-17H,5,12-15H2,1-4H3,(H2,25,26,30). The summed E-state index contributed by atoms with van der Waals surface area (Å²) in [5.74, 6) is -0.297. The summed E-state index contributed by atoms with van der Waals surface area (Å²) in [6.45, 7) is 8.84. The highest BCUT2D eigenvalue weighted by Crippen LogP contribution is 2.28. The fourth-order valence-electron chi connectivity index (χ4n) is 3.75. The van der Waals surface area contributed by atoms with Crippen LogP contribution in [0.3, 0.4) is 0 Å². The quantitative estimate of drug-likeness (QED) is 0.754. The number of carbonyl (C=O) groups excluding carboxylic acids is 1. The van der Waals surface area contributed by atoms with E-state index in [1.165, 1.54) is 12.1 Å². The fourth-order valence-corrected chi connectivity index (χ4v) is 3.75. The lowest BCUT2D eigenvalue weighted by Crippen LogP contribution is -2.46. The van der Waals surface area contributed by atoms with Crippen LogP contribution in [0.25, 0.3) is 0 Å². The molecule has 2 aromatic carbocycles. The van der Waals surface area contributed by atoms with Gasteiger partial charge in [-0.3, -0.25) is 0 Å². The van der Waals surface area contributed by atoms with Gasteiger partial charge in [0.2, 0.25) is 0 Å². The molecule has 0 aliphatic carbocycles. The van der Waals surface area contributed by atoms with Crippen LogP contribution in [0.5, 0.6) is 0 Å². The maximum Gasteiger partial charge on any atom is 0.319 e. The molecule has 0 saturated carbocycles. The molecule has 0 aromatic heterocycles. The number of urea groups is 1. The van der Waals surface area contributed by atoms with Crippen molar-refractivity contribution in [3.63, 3.8) is 0 Å². The first-order valence-electron chi connectivity index (χ1n) is 10.5. The van der Waals surface area contributed by atoms with Crippen molar-refractivity contribution in [3.8, 4) is 0 Å². The number of carbonyl (C=O) groups is 1. The fraction of sp³-hybridized carbons (Fsp3) is 0.435. The highest BCUT2D eigenvalue weighted by atomic mass is 19.1. The van der Waals surface area contributed by atoms with E-state index in [0.717, 1.165) is 49.7 Å². The third-order valence-electron chi connectivity index (χ3n) is 5.61. The van der Waals surface area contributed by atoms with Crippen LogP contribution in [0.1, 0.15) is 25.5 Å². The first-order chi connectivity index (χ1) is 14.4. The van der Waals surface area contributed by atoms with Gasteiger partial charge >= 0.3 is 6.03 Å².